The van der Waals surface area contributed by atoms with Gasteiger partial charge in [0.1, 0.15) is 5.52 Å². The van der Waals surface area contributed by atoms with Crippen LogP contribution in [-0.4, -0.2) is 31.9 Å². The van der Waals surface area contributed by atoms with E-state index in [-0.39, 0.29) is 76.3 Å². The largest absolute Gasteiger partial charge is 1.00 e. The molecule has 0 bridgehead atoms. The number of nitrogens with zero attached hydrogens (tertiary/aromatic N) is 1. The molecule has 1 heterocycles. The summed E-state index contributed by atoms with van der Waals surface area (Å²) in [6.07, 6.45) is 1.49. The van der Waals surface area contributed by atoms with Crippen molar-refractivity contribution < 1.29 is 97.0 Å². The van der Waals surface area contributed by atoms with Gasteiger partial charge in [0.15, 0.2) is 24.0 Å². The van der Waals surface area contributed by atoms with Crippen LogP contribution in [0.5, 0.6) is 17.2 Å². The molecule has 2 aromatic carbocycles. The summed E-state index contributed by atoms with van der Waals surface area (Å²) in [6.45, 7) is 0.451. The van der Waals surface area contributed by atoms with Crippen molar-refractivity contribution in [2.24, 2.45) is 0 Å². The minimum atomic E-state index is -5.28. The second kappa shape index (κ2) is 14.2. The number of amides is 1. The minimum absolute atomic E-state index is 0. The van der Waals surface area contributed by atoms with Crippen LogP contribution in [0.3, 0.4) is 0 Å². The van der Waals surface area contributed by atoms with Gasteiger partial charge >= 0.3 is 59.1 Å². The number of aromatic nitrogens is 1. The van der Waals surface area contributed by atoms with E-state index in [4.69, 9.17) is 25.8 Å². The fraction of sp³-hybridized carbons (Fsp3) is 0.238. The number of phosphoric acid groups is 1. The molecule has 10 nitrogen and oxygen atoms in total. The molecule has 1 N–H and O–H groups in total. The Bertz CT molecular complexity index is 1230. The van der Waals surface area contributed by atoms with E-state index in [0.717, 1.165) is 0 Å². The van der Waals surface area contributed by atoms with Crippen LogP contribution in [0, 0.1) is 0 Å². The van der Waals surface area contributed by atoms with Gasteiger partial charge in [0.05, 0.1) is 33.1 Å². The topological polar surface area (TPSA) is 142 Å². The van der Waals surface area contributed by atoms with Gasteiger partial charge in [-0.1, -0.05) is 17.7 Å². The number of carbonyl (C=O) groups excluding carboxylic acids is 1. The van der Waals surface area contributed by atoms with E-state index >= 15 is 0 Å². The third-order valence-electron chi connectivity index (χ3n) is 4.64. The molecule has 0 aliphatic carbocycles. The van der Waals surface area contributed by atoms with Crippen molar-refractivity contribution in [1.29, 1.82) is 0 Å². The van der Waals surface area contributed by atoms with E-state index in [2.05, 4.69) is 14.8 Å². The Morgan fingerprint density at radius 3 is 2.43 bits per heavy atom. The summed E-state index contributed by atoms with van der Waals surface area (Å²) in [5.74, 6) is 0.613. The van der Waals surface area contributed by atoms with Crippen LogP contribution in [0.25, 0.3) is 10.9 Å². The number of carbonyl (C=O) groups is 1. The predicted molar refractivity (Wildman–Crippen MR) is 116 cm³/mol. The van der Waals surface area contributed by atoms with E-state index in [9.17, 15) is 19.1 Å². The first-order valence-electron chi connectivity index (χ1n) is 9.50. The number of rotatable bonds is 9. The van der Waals surface area contributed by atoms with Crippen molar-refractivity contribution in [3.8, 4) is 17.2 Å². The fourth-order valence-corrected chi connectivity index (χ4v) is 3.74. The third kappa shape index (κ3) is 8.31. The van der Waals surface area contributed by atoms with Crippen LogP contribution in [0.1, 0.15) is 24.1 Å². The molecule has 1 atom stereocenters. The summed E-state index contributed by atoms with van der Waals surface area (Å²) in [4.78, 5) is 38.2. The molecule has 0 aliphatic rings. The summed E-state index contributed by atoms with van der Waals surface area (Å²) < 4.78 is 31.3. The second-order valence-corrected chi connectivity index (χ2v) is 8.32. The van der Waals surface area contributed by atoms with Crippen LogP contribution >= 0.6 is 19.4 Å². The summed E-state index contributed by atoms with van der Waals surface area (Å²) in [6, 6.07) is 9.15. The average molecular weight is 541 g/mol. The van der Waals surface area contributed by atoms with Crippen molar-refractivity contribution in [2.75, 3.05) is 21.0 Å². The molecule has 1 amide bonds. The molecule has 0 saturated heterocycles. The van der Waals surface area contributed by atoms with Crippen LogP contribution in [0.2, 0.25) is 5.02 Å². The molecule has 0 spiro atoms. The maximum atomic E-state index is 12.1. The minimum Gasteiger partial charge on any atom is -0.790 e. The van der Waals surface area contributed by atoms with Gasteiger partial charge in [-0.05, 0) is 35.9 Å². The SMILES string of the molecule is COc1ccc(C(NC(C)=O)c2cc(Cl)c3cccnc3c2OCOP(=O)([O-])[O-])cc1OC.[Na+].[Na+]. The van der Waals surface area contributed by atoms with Crippen LogP contribution in [0.4, 0.5) is 0 Å². The number of nitrogens with one attached hydrogen (secondary N) is 1. The fourth-order valence-electron chi connectivity index (χ4n) is 3.29. The van der Waals surface area contributed by atoms with Crippen LogP contribution in [0.15, 0.2) is 42.6 Å². The predicted octanol–water partition coefficient (Wildman–Crippen LogP) is -3.68. The zero-order valence-corrected chi connectivity index (χ0v) is 25.5. The quantitative estimate of drug-likeness (QED) is 0.165. The van der Waals surface area contributed by atoms with Gasteiger partial charge in [0.25, 0.3) is 0 Å². The van der Waals surface area contributed by atoms with Crippen molar-refractivity contribution in [1.82, 2.24) is 10.3 Å². The Kier molecular flexibility index (Phi) is 13.0. The third-order valence-corrected chi connectivity index (χ3v) is 5.37. The summed E-state index contributed by atoms with van der Waals surface area (Å²) in [7, 11) is -2.32. The number of ether oxygens (including phenoxy) is 3. The number of fused-ring (bicyclic) bond motifs is 1. The first kappa shape index (κ1) is 32.1. The molecular formula is C21H20ClN2Na2O8P. The molecule has 176 valence electrons. The number of halogens is 1. The monoisotopic (exact) mass is 540 g/mol. The van der Waals surface area contributed by atoms with E-state index in [1.54, 1.807) is 36.4 Å². The van der Waals surface area contributed by atoms with Gasteiger partial charge in [-0.25, -0.2) is 0 Å². The molecule has 1 unspecified atom stereocenters. The van der Waals surface area contributed by atoms with E-state index in [1.807, 2.05) is 0 Å². The zero-order valence-electron chi connectivity index (χ0n) is 19.9. The average Bonchev–Trinajstić information content (AvgIpc) is 2.77. The van der Waals surface area contributed by atoms with Gasteiger partial charge in [0, 0.05) is 24.1 Å². The smallest absolute Gasteiger partial charge is 0.790 e. The van der Waals surface area contributed by atoms with Gasteiger partial charge in [-0.15, -0.1) is 0 Å². The standard InChI is InChI=1S/C21H22ClN2O8P.2Na/c1-12(25)24-19(13-6-7-17(29-2)18(9-13)30-3)15-10-16(22)14-5-4-8-23-20(14)21(15)31-11-32-33(26,27)28;;/h4-10,19H,11H2,1-3H3,(H,24,25)(H2,26,27,28);;/q;2*+1/p-2. The van der Waals surface area contributed by atoms with Crippen molar-refractivity contribution in [2.45, 2.75) is 13.0 Å². The molecule has 3 aromatic rings. The Hall–Kier alpha value is -0.880. The van der Waals surface area contributed by atoms with E-state index < -0.39 is 20.7 Å². The Morgan fingerprint density at radius 1 is 1.14 bits per heavy atom. The zero-order chi connectivity index (χ0) is 24.2. The normalized spacial score (nSPS) is 11.6. The maximum Gasteiger partial charge on any atom is 1.00 e. The molecule has 3 rings (SSSR count). The Morgan fingerprint density at radius 2 is 1.83 bits per heavy atom. The van der Waals surface area contributed by atoms with Gasteiger partial charge in [-0.2, -0.15) is 0 Å². The van der Waals surface area contributed by atoms with Crippen molar-refractivity contribution in [3.63, 3.8) is 0 Å². The number of methoxy groups -OCH3 is 2. The first-order chi connectivity index (χ1) is 15.6. The molecule has 35 heavy (non-hydrogen) atoms. The molecule has 0 saturated carbocycles. The van der Waals surface area contributed by atoms with E-state index in [1.165, 1.54) is 27.3 Å². The number of benzene rings is 2. The molecule has 0 fully saturated rings. The summed E-state index contributed by atoms with van der Waals surface area (Å²) in [5, 5.41) is 3.65. The molecule has 1 aromatic heterocycles. The summed E-state index contributed by atoms with van der Waals surface area (Å²) >= 11 is 6.49. The van der Waals surface area contributed by atoms with Crippen LogP contribution < -0.4 is 88.4 Å². The maximum absolute atomic E-state index is 12.1. The van der Waals surface area contributed by atoms with Gasteiger partial charge in [0.2, 0.25) is 5.91 Å². The van der Waals surface area contributed by atoms with Gasteiger partial charge in [-0.3, -0.25) is 9.78 Å². The van der Waals surface area contributed by atoms with Gasteiger partial charge < -0.3 is 38.4 Å². The van der Waals surface area contributed by atoms with E-state index in [0.29, 0.717) is 33.0 Å². The molecule has 0 aliphatic heterocycles. The van der Waals surface area contributed by atoms with Crippen molar-refractivity contribution in [3.05, 3.63) is 58.7 Å². The number of hydrogen-bond donors (Lipinski definition) is 1. The second-order valence-electron chi connectivity index (χ2n) is 6.76. The number of hydrogen-bond acceptors (Lipinski definition) is 9. The number of pyridine rings is 1. The number of phosphoric ester groups is 1. The Balaban J connectivity index is 0.00000306. The van der Waals surface area contributed by atoms with Crippen molar-refractivity contribution >= 4 is 36.2 Å². The van der Waals surface area contributed by atoms with Crippen LogP contribution in [-0.2, 0) is 13.9 Å². The first-order valence-corrected chi connectivity index (χ1v) is 11.3. The Labute approximate surface area is 251 Å². The molecular weight excluding hydrogens is 521 g/mol. The summed E-state index contributed by atoms with van der Waals surface area (Å²) in [5.41, 5.74) is 1.22. The molecule has 14 heteroatoms. The molecule has 0 radical (unpaired) electrons.